The number of anilines is 1. The SMILES string of the molecule is CN(C)CCOCCOCCOCCOCCOCCOCCOCCNc1ccc([N+](=O)[O-])cc1[N+](=O)[O-]. The van der Waals surface area contributed by atoms with Crippen LogP contribution in [0.1, 0.15) is 0 Å². The molecule has 0 aromatic heterocycles. The molecule has 1 aromatic carbocycles. The minimum Gasteiger partial charge on any atom is -0.378 e. The summed E-state index contributed by atoms with van der Waals surface area (Å²) < 4.78 is 37.9. The fraction of sp³-hybridized carbons (Fsp3) is 0.750. The number of rotatable bonds is 27. The largest absolute Gasteiger partial charge is 0.378 e. The van der Waals surface area contributed by atoms with E-state index in [1.807, 2.05) is 14.1 Å². The van der Waals surface area contributed by atoms with Gasteiger partial charge in [0.05, 0.1) is 108 Å². The van der Waals surface area contributed by atoms with Crippen molar-refractivity contribution in [1.82, 2.24) is 4.90 Å². The maximum absolute atomic E-state index is 11.1. The smallest absolute Gasteiger partial charge is 0.299 e. The first-order valence-corrected chi connectivity index (χ1v) is 12.8. The van der Waals surface area contributed by atoms with Crippen molar-refractivity contribution in [3.8, 4) is 0 Å². The van der Waals surface area contributed by atoms with Crippen molar-refractivity contribution in [1.29, 1.82) is 0 Å². The van der Waals surface area contributed by atoms with Crippen molar-refractivity contribution in [2.24, 2.45) is 0 Å². The molecule has 0 atom stereocenters. The van der Waals surface area contributed by atoms with Crippen molar-refractivity contribution in [3.05, 3.63) is 38.4 Å². The molecule has 0 fully saturated rings. The van der Waals surface area contributed by atoms with Gasteiger partial charge >= 0.3 is 0 Å². The molecular formula is C24H42N4O11. The summed E-state index contributed by atoms with van der Waals surface area (Å²) in [5.41, 5.74) is -0.509. The lowest BCUT2D eigenvalue weighted by Crippen LogP contribution is -2.19. The number of benzene rings is 1. The van der Waals surface area contributed by atoms with E-state index in [2.05, 4.69) is 10.2 Å². The maximum atomic E-state index is 11.1. The number of hydrogen-bond acceptors (Lipinski definition) is 13. The summed E-state index contributed by atoms with van der Waals surface area (Å²) in [6.45, 7) is 7.82. The molecule has 0 radical (unpaired) electrons. The molecule has 0 aliphatic heterocycles. The molecular weight excluding hydrogens is 520 g/mol. The summed E-state index contributed by atoms with van der Waals surface area (Å²) in [5, 5.41) is 24.7. The van der Waals surface area contributed by atoms with Gasteiger partial charge in [0.1, 0.15) is 5.69 Å². The van der Waals surface area contributed by atoms with Gasteiger partial charge in [-0.1, -0.05) is 0 Å². The van der Waals surface area contributed by atoms with E-state index in [0.717, 1.165) is 12.6 Å². The van der Waals surface area contributed by atoms with Crippen molar-refractivity contribution in [2.45, 2.75) is 0 Å². The topological polar surface area (TPSA) is 166 Å². The average Bonchev–Trinajstić information content (AvgIpc) is 2.90. The molecule has 0 saturated carbocycles. The van der Waals surface area contributed by atoms with Crippen molar-refractivity contribution >= 4 is 17.1 Å². The van der Waals surface area contributed by atoms with E-state index in [9.17, 15) is 20.2 Å². The van der Waals surface area contributed by atoms with Crippen LogP contribution < -0.4 is 5.32 Å². The highest BCUT2D eigenvalue weighted by Gasteiger charge is 2.18. The Kier molecular flexibility index (Phi) is 20.7. The predicted molar refractivity (Wildman–Crippen MR) is 143 cm³/mol. The van der Waals surface area contributed by atoms with Gasteiger partial charge in [-0.25, -0.2) is 0 Å². The van der Waals surface area contributed by atoms with Gasteiger partial charge in [-0.2, -0.15) is 0 Å². The van der Waals surface area contributed by atoms with Gasteiger partial charge in [-0.15, -0.1) is 0 Å². The first kappa shape index (κ1) is 34.5. The van der Waals surface area contributed by atoms with Crippen LogP contribution in [0.25, 0.3) is 0 Å². The number of hydrogen-bond donors (Lipinski definition) is 1. The lowest BCUT2D eigenvalue weighted by Gasteiger charge is -2.10. The number of ether oxygens (including phenoxy) is 7. The molecule has 0 spiro atoms. The Hall–Kier alpha value is -2.50. The number of nitro benzene ring substituents is 2. The summed E-state index contributed by atoms with van der Waals surface area (Å²) in [6.07, 6.45) is 0. The molecule has 39 heavy (non-hydrogen) atoms. The maximum Gasteiger partial charge on any atom is 0.299 e. The van der Waals surface area contributed by atoms with E-state index in [1.54, 1.807) is 0 Å². The Balaban J connectivity index is 1.82. The Morgan fingerprint density at radius 3 is 1.44 bits per heavy atom. The highest BCUT2D eigenvalue weighted by molar-refractivity contribution is 5.65. The van der Waals surface area contributed by atoms with E-state index in [4.69, 9.17) is 33.2 Å². The van der Waals surface area contributed by atoms with Crippen LogP contribution in [0.5, 0.6) is 0 Å². The van der Waals surface area contributed by atoms with Gasteiger partial charge < -0.3 is 43.4 Å². The van der Waals surface area contributed by atoms with Crippen LogP contribution in [0.4, 0.5) is 17.1 Å². The first-order valence-electron chi connectivity index (χ1n) is 12.8. The number of non-ortho nitro benzene ring substituents is 1. The van der Waals surface area contributed by atoms with Crippen LogP contribution in [-0.4, -0.2) is 134 Å². The molecule has 0 saturated heterocycles. The minimum absolute atomic E-state index is 0.192. The zero-order valence-electron chi connectivity index (χ0n) is 22.9. The highest BCUT2D eigenvalue weighted by atomic mass is 16.6. The molecule has 15 heteroatoms. The monoisotopic (exact) mass is 562 g/mol. The van der Waals surface area contributed by atoms with E-state index < -0.39 is 9.85 Å². The van der Waals surface area contributed by atoms with Gasteiger partial charge in [-0.3, -0.25) is 20.2 Å². The Morgan fingerprint density at radius 1 is 0.641 bits per heavy atom. The second-order valence-corrected chi connectivity index (χ2v) is 8.23. The molecule has 0 unspecified atom stereocenters. The fourth-order valence-corrected chi connectivity index (χ4v) is 2.86. The molecule has 0 aliphatic carbocycles. The molecule has 1 N–H and O–H groups in total. The zero-order valence-corrected chi connectivity index (χ0v) is 22.9. The number of nitrogens with one attached hydrogen (secondary N) is 1. The minimum atomic E-state index is -0.679. The summed E-state index contributed by atoms with van der Waals surface area (Å²) in [4.78, 5) is 22.6. The van der Waals surface area contributed by atoms with Crippen molar-refractivity contribution in [3.63, 3.8) is 0 Å². The summed E-state index contributed by atoms with van der Waals surface area (Å²) >= 11 is 0. The molecule has 1 rings (SSSR count). The van der Waals surface area contributed by atoms with Crippen LogP contribution in [-0.2, 0) is 33.2 Å². The Bertz CT molecular complexity index is 786. The first-order chi connectivity index (χ1) is 18.9. The average molecular weight is 563 g/mol. The van der Waals surface area contributed by atoms with Gasteiger partial charge in [0.15, 0.2) is 0 Å². The third-order valence-corrected chi connectivity index (χ3v) is 4.87. The van der Waals surface area contributed by atoms with Crippen LogP contribution >= 0.6 is 0 Å². The second kappa shape index (κ2) is 23.4. The van der Waals surface area contributed by atoms with Crippen LogP contribution in [0.3, 0.4) is 0 Å². The predicted octanol–water partition coefficient (Wildman–Crippen LogP) is 1.59. The third-order valence-electron chi connectivity index (χ3n) is 4.87. The van der Waals surface area contributed by atoms with Crippen molar-refractivity contribution < 1.29 is 43.0 Å². The lowest BCUT2D eigenvalue weighted by molar-refractivity contribution is -0.393. The number of likely N-dealkylation sites (N-methyl/N-ethyl adjacent to an activating group) is 1. The van der Waals surface area contributed by atoms with E-state index in [-0.39, 0.29) is 23.7 Å². The summed E-state index contributed by atoms with van der Waals surface area (Å²) in [6, 6.07) is 3.44. The summed E-state index contributed by atoms with van der Waals surface area (Å²) in [5.74, 6) is 0. The van der Waals surface area contributed by atoms with Crippen LogP contribution in [0.15, 0.2) is 18.2 Å². The molecule has 0 bridgehead atoms. The van der Waals surface area contributed by atoms with Crippen LogP contribution in [0, 0.1) is 20.2 Å². The Morgan fingerprint density at radius 2 is 1.05 bits per heavy atom. The van der Waals surface area contributed by atoms with E-state index in [0.29, 0.717) is 92.4 Å². The lowest BCUT2D eigenvalue weighted by atomic mass is 10.2. The highest BCUT2D eigenvalue weighted by Crippen LogP contribution is 2.28. The fourth-order valence-electron chi connectivity index (χ4n) is 2.86. The molecule has 0 heterocycles. The Labute approximate surface area is 228 Å². The summed E-state index contributed by atoms with van der Waals surface area (Å²) in [7, 11) is 4.01. The molecule has 0 aliphatic rings. The van der Waals surface area contributed by atoms with Crippen molar-refractivity contribution in [2.75, 3.05) is 125 Å². The normalized spacial score (nSPS) is 11.3. The molecule has 0 amide bonds. The standard InChI is InChI=1S/C24H42N4O11/c1-26(2)6-8-34-10-12-36-14-16-38-18-20-39-19-17-37-15-13-35-11-9-33-7-5-25-23-4-3-22(27(29)30)21-24(23)28(31)32/h3-4,21,25H,5-20H2,1-2H3. The molecule has 15 nitrogen and oxygen atoms in total. The van der Waals surface area contributed by atoms with E-state index >= 15 is 0 Å². The van der Waals surface area contributed by atoms with Gasteiger partial charge in [-0.05, 0) is 20.2 Å². The van der Waals surface area contributed by atoms with E-state index in [1.165, 1.54) is 12.1 Å². The molecule has 1 aromatic rings. The zero-order chi connectivity index (χ0) is 28.6. The second-order valence-electron chi connectivity index (χ2n) is 8.23. The van der Waals surface area contributed by atoms with Gasteiger partial charge in [0.2, 0.25) is 0 Å². The number of nitro groups is 2. The third kappa shape index (κ3) is 19.2. The molecule has 224 valence electrons. The van der Waals surface area contributed by atoms with Gasteiger partial charge in [0.25, 0.3) is 11.4 Å². The number of nitrogens with zero attached hydrogens (tertiary/aromatic N) is 3. The quantitative estimate of drug-likeness (QED) is 0.0934. The van der Waals surface area contributed by atoms with Crippen LogP contribution in [0.2, 0.25) is 0 Å². The van der Waals surface area contributed by atoms with Gasteiger partial charge in [0, 0.05) is 19.2 Å².